The fourth-order valence-corrected chi connectivity index (χ4v) is 1.97. The topological polar surface area (TPSA) is 29.5 Å². The van der Waals surface area contributed by atoms with Crippen LogP contribution in [0.3, 0.4) is 0 Å². The Morgan fingerprint density at radius 2 is 2.12 bits per heavy atom. The van der Waals surface area contributed by atoms with Crippen LogP contribution in [0.4, 0.5) is 0 Å². The molecule has 1 atom stereocenters. The van der Waals surface area contributed by atoms with Crippen LogP contribution in [-0.2, 0) is 4.43 Å². The molecule has 0 amide bonds. The molecule has 4 heteroatoms. The van der Waals surface area contributed by atoms with Gasteiger partial charge in [-0.15, -0.1) is 0 Å². The second kappa shape index (κ2) is 5.94. The minimum absolute atomic E-state index is 0. The molecule has 44 valence electrons. The van der Waals surface area contributed by atoms with E-state index in [4.69, 9.17) is 9.22 Å². The van der Waals surface area contributed by atoms with Gasteiger partial charge >= 0.3 is 78.2 Å². The molecule has 1 fully saturated rings. The van der Waals surface area contributed by atoms with Crippen LogP contribution in [0.25, 0.3) is 0 Å². The second-order valence-electron chi connectivity index (χ2n) is 1.82. The average molecular weight is 252 g/mol. The Balaban J connectivity index is 0.000000490. The van der Waals surface area contributed by atoms with E-state index in [1.54, 1.807) is 0 Å². The van der Waals surface area contributed by atoms with Gasteiger partial charge in [0.05, 0.1) is 0 Å². The molecule has 1 rings (SSSR count). The van der Waals surface area contributed by atoms with E-state index in [9.17, 15) is 0 Å². The molecule has 1 saturated heterocycles. The molecule has 1 N–H and O–H groups in total. The van der Waals surface area contributed by atoms with E-state index < -0.39 is 9.28 Å². The van der Waals surface area contributed by atoms with Crippen LogP contribution in [0.15, 0.2) is 0 Å². The molecule has 1 aliphatic rings. The van der Waals surface area contributed by atoms with Crippen molar-refractivity contribution in [1.82, 2.24) is 0 Å². The van der Waals surface area contributed by atoms with Gasteiger partial charge in [0, 0.05) is 6.61 Å². The molecule has 0 aromatic rings. The van der Waals surface area contributed by atoms with Crippen LogP contribution >= 0.6 is 0 Å². The van der Waals surface area contributed by atoms with Gasteiger partial charge in [-0.1, -0.05) is 0 Å². The van der Waals surface area contributed by atoms with E-state index in [1.807, 2.05) is 0 Å². The maximum absolute atomic E-state index is 8.83. The first-order chi connectivity index (χ1) is 3.39. The molecule has 1 unspecified atom stereocenters. The molecule has 0 aromatic carbocycles. The summed E-state index contributed by atoms with van der Waals surface area (Å²) in [6.45, 7) is 0.799. The molecule has 0 bridgehead atoms. The summed E-state index contributed by atoms with van der Waals surface area (Å²) in [6, 6.07) is 0.958. The summed E-state index contributed by atoms with van der Waals surface area (Å²) in [5, 5.41) is 0. The van der Waals surface area contributed by atoms with Crippen molar-refractivity contribution in [3.05, 3.63) is 0 Å². The van der Waals surface area contributed by atoms with Crippen LogP contribution in [0.1, 0.15) is 12.8 Å². The van der Waals surface area contributed by atoms with E-state index in [0.29, 0.717) is 0 Å². The van der Waals surface area contributed by atoms with Gasteiger partial charge in [0.15, 0.2) is 0 Å². The summed E-state index contributed by atoms with van der Waals surface area (Å²) in [5.74, 6) is 0. The van der Waals surface area contributed by atoms with Gasteiger partial charge in [-0.3, -0.25) is 0 Å². The van der Waals surface area contributed by atoms with Crippen LogP contribution in [0.5, 0.6) is 0 Å². The number of hydrogen-bond donors (Lipinski definition) is 1. The molecule has 0 aromatic heterocycles. The van der Waals surface area contributed by atoms with Gasteiger partial charge < -0.3 is 9.22 Å². The Labute approximate surface area is 110 Å². The summed E-state index contributed by atoms with van der Waals surface area (Å²) in [4.78, 5) is 8.83. The van der Waals surface area contributed by atoms with Crippen molar-refractivity contribution in [2.24, 2.45) is 0 Å². The van der Waals surface area contributed by atoms with Gasteiger partial charge in [0.25, 0.3) is 0 Å². The van der Waals surface area contributed by atoms with Gasteiger partial charge in [-0.25, -0.2) is 0 Å². The van der Waals surface area contributed by atoms with Crippen LogP contribution in [-0.4, -0.2) is 89.6 Å². The van der Waals surface area contributed by atoms with E-state index in [0.717, 1.165) is 19.1 Å². The molecule has 0 aliphatic carbocycles. The van der Waals surface area contributed by atoms with Crippen LogP contribution in [0.2, 0.25) is 6.04 Å². The molecule has 1 aliphatic heterocycles. The molecule has 2 nitrogen and oxygen atoms in total. The molecule has 0 radical (unpaired) electrons. The van der Waals surface area contributed by atoms with E-state index in [-0.39, 0.29) is 68.9 Å². The third-order valence-electron chi connectivity index (χ3n) is 1.16. The first kappa shape index (κ1) is 10.2. The van der Waals surface area contributed by atoms with E-state index in [2.05, 4.69) is 0 Å². The van der Waals surface area contributed by atoms with Crippen molar-refractivity contribution in [2.45, 2.75) is 18.9 Å². The van der Waals surface area contributed by atoms with Crippen molar-refractivity contribution in [3.63, 3.8) is 0 Å². The number of hydrogen-bond acceptors (Lipinski definition) is 2. The zero-order chi connectivity index (χ0) is 5.11. The van der Waals surface area contributed by atoms with Gasteiger partial charge in [-0.2, -0.15) is 0 Å². The molecule has 0 spiro atoms. The van der Waals surface area contributed by atoms with Crippen LogP contribution < -0.4 is 0 Å². The Morgan fingerprint density at radius 3 is 2.38 bits per heavy atom. The second-order valence-corrected chi connectivity index (χ2v) is 3.64. The fraction of sp³-hybridized carbons (Fsp3) is 1.00. The van der Waals surface area contributed by atoms with E-state index >= 15 is 0 Å². The normalized spacial score (nSPS) is 28.9. The van der Waals surface area contributed by atoms with Crippen molar-refractivity contribution in [2.75, 3.05) is 6.61 Å². The minimum atomic E-state index is -1.59. The third kappa shape index (κ3) is 4.08. The summed E-state index contributed by atoms with van der Waals surface area (Å²) in [6.07, 6.45) is 2.32. The summed E-state index contributed by atoms with van der Waals surface area (Å²) in [7, 11) is -1.59. The molecule has 1 heterocycles. The van der Waals surface area contributed by atoms with E-state index in [1.165, 1.54) is 6.42 Å². The Kier molecular flexibility index (Phi) is 7.56. The van der Waals surface area contributed by atoms with Gasteiger partial charge in [0.2, 0.25) is 0 Å². The third-order valence-corrected chi connectivity index (χ3v) is 2.68. The standard InChI is InChI=1S/C4H10O2Si.Cs.H/c5-7-4-2-1-3-6-7;;/h5,7H,1-4H2;;. The van der Waals surface area contributed by atoms with Crippen molar-refractivity contribution in [1.29, 1.82) is 0 Å². The molecular formula is C4H11CsO2Si. The van der Waals surface area contributed by atoms with Crippen molar-refractivity contribution in [3.8, 4) is 0 Å². The maximum atomic E-state index is 8.83. The molecule has 0 saturated carbocycles. The zero-order valence-corrected chi connectivity index (χ0v) is 5.42. The van der Waals surface area contributed by atoms with Crippen molar-refractivity contribution < 1.29 is 9.22 Å². The summed E-state index contributed by atoms with van der Waals surface area (Å²) < 4.78 is 4.97. The Bertz CT molecular complexity index is 56.0. The zero-order valence-electron chi connectivity index (χ0n) is 4.26. The Hall–Kier alpha value is 2.19. The predicted octanol–water partition coefficient (Wildman–Crippen LogP) is -0.639. The summed E-state index contributed by atoms with van der Waals surface area (Å²) >= 11 is 0. The number of rotatable bonds is 0. The van der Waals surface area contributed by atoms with Gasteiger partial charge in [0.1, 0.15) is 0 Å². The van der Waals surface area contributed by atoms with Crippen molar-refractivity contribution >= 4 is 78.2 Å². The van der Waals surface area contributed by atoms with Crippen LogP contribution in [0, 0.1) is 0 Å². The predicted molar refractivity (Wildman–Crippen MR) is 36.5 cm³/mol. The van der Waals surface area contributed by atoms with Gasteiger partial charge in [-0.05, 0) is 18.9 Å². The molecular weight excluding hydrogens is 241 g/mol. The molecule has 8 heavy (non-hydrogen) atoms. The monoisotopic (exact) mass is 252 g/mol. The first-order valence-electron chi connectivity index (χ1n) is 2.69. The quantitative estimate of drug-likeness (QED) is 0.581. The average Bonchev–Trinajstić information content (AvgIpc) is 1.69. The Morgan fingerprint density at radius 1 is 1.38 bits per heavy atom. The SMILES string of the molecule is O[SiH]1CCCCO1.[CsH]. The first-order valence-corrected chi connectivity index (χ1v) is 4.50. The summed E-state index contributed by atoms with van der Waals surface area (Å²) in [5.41, 5.74) is 0. The fourth-order valence-electron chi connectivity index (χ4n) is 0.724.